The average molecular weight is 628 g/mol. The second-order valence-corrected chi connectivity index (χ2v) is 12.6. The lowest BCUT2D eigenvalue weighted by Gasteiger charge is -2.18. The zero-order valence-corrected chi connectivity index (χ0v) is 23.5. The molecule has 6 aromatic rings. The summed E-state index contributed by atoms with van der Waals surface area (Å²) < 4.78 is 31.1. The molecule has 0 fully saturated rings. The predicted octanol–water partition coefficient (Wildman–Crippen LogP) is 9.68. The molecule has 0 N–H and O–H groups in total. The van der Waals surface area contributed by atoms with Crippen molar-refractivity contribution >= 4 is 63.2 Å². The Hall–Kier alpha value is -3.25. The second-order valence-electron chi connectivity index (χ2n) is 8.84. The van der Waals surface area contributed by atoms with Crippen LogP contribution in [0.3, 0.4) is 0 Å². The van der Waals surface area contributed by atoms with E-state index in [-0.39, 0.29) is 9.79 Å². The molecule has 0 saturated carbocycles. The molecule has 6 rings (SSSR count). The Morgan fingerprint density at radius 1 is 0.459 bits per heavy atom. The Morgan fingerprint density at radius 3 is 1.32 bits per heavy atom. The van der Waals surface area contributed by atoms with Crippen LogP contribution < -0.4 is 0 Å². The Morgan fingerprint density at radius 2 is 0.892 bits per heavy atom. The molecule has 37 heavy (non-hydrogen) atoms. The summed E-state index contributed by atoms with van der Waals surface area (Å²) >= 11 is 7.13. The Labute approximate surface area is 232 Å². The zero-order chi connectivity index (χ0) is 25.6. The molecule has 2 nitrogen and oxygen atoms in total. The summed E-state index contributed by atoms with van der Waals surface area (Å²) in [5, 5.41) is 3.77. The summed E-state index contributed by atoms with van der Waals surface area (Å²) in [7, 11) is -3.94. The summed E-state index contributed by atoms with van der Waals surface area (Å²) in [5.74, 6) is 0. The molecule has 5 heteroatoms. The molecule has 0 amide bonds. The first-order valence-corrected chi connectivity index (χ1v) is 14.8. The van der Waals surface area contributed by atoms with E-state index >= 15 is 0 Å². The third-order valence-electron chi connectivity index (χ3n) is 6.59. The van der Waals surface area contributed by atoms with Crippen LogP contribution >= 0.6 is 31.9 Å². The van der Waals surface area contributed by atoms with Crippen molar-refractivity contribution in [3.05, 3.63) is 130 Å². The van der Waals surface area contributed by atoms with E-state index in [4.69, 9.17) is 0 Å². The van der Waals surface area contributed by atoms with E-state index in [1.807, 2.05) is 109 Å². The molecule has 0 aliphatic rings. The number of hydrogen-bond acceptors (Lipinski definition) is 2. The van der Waals surface area contributed by atoms with Crippen molar-refractivity contribution in [1.29, 1.82) is 0 Å². The molecule has 0 heterocycles. The van der Waals surface area contributed by atoms with E-state index in [0.717, 1.165) is 41.6 Å². The fourth-order valence-electron chi connectivity index (χ4n) is 4.95. The standard InChI is InChI=1S/C32H20Br2O2S/c33-25-11-5-9-23(19-25)31-27-13-3-1-7-21(27)15-17-29(31)37(35,36)30-18-16-22-8-2-4-14-28(22)32(30)24-10-6-12-26(34)20-24/h1-20H. The van der Waals surface area contributed by atoms with Crippen molar-refractivity contribution < 1.29 is 8.42 Å². The fraction of sp³-hybridized carbons (Fsp3) is 0. The van der Waals surface area contributed by atoms with Crippen molar-refractivity contribution in [2.24, 2.45) is 0 Å². The topological polar surface area (TPSA) is 34.1 Å². The van der Waals surface area contributed by atoms with Gasteiger partial charge in [-0.25, -0.2) is 8.42 Å². The first kappa shape index (κ1) is 24.1. The maximum absolute atomic E-state index is 14.7. The lowest BCUT2D eigenvalue weighted by Crippen LogP contribution is -2.07. The lowest BCUT2D eigenvalue weighted by atomic mass is 9.98. The molecular formula is C32H20Br2O2S. The van der Waals surface area contributed by atoms with Gasteiger partial charge in [-0.15, -0.1) is 0 Å². The number of sulfone groups is 1. The van der Waals surface area contributed by atoms with E-state index < -0.39 is 9.84 Å². The van der Waals surface area contributed by atoms with Gasteiger partial charge in [-0.1, -0.05) is 117 Å². The highest BCUT2D eigenvalue weighted by atomic mass is 79.9. The van der Waals surface area contributed by atoms with Crippen LogP contribution in [0.2, 0.25) is 0 Å². The molecular weight excluding hydrogens is 608 g/mol. The van der Waals surface area contributed by atoms with E-state index in [2.05, 4.69) is 31.9 Å². The van der Waals surface area contributed by atoms with Crippen LogP contribution in [0, 0.1) is 0 Å². The number of fused-ring (bicyclic) bond motifs is 2. The van der Waals surface area contributed by atoms with Crippen molar-refractivity contribution in [3.8, 4) is 22.3 Å². The van der Waals surface area contributed by atoms with Gasteiger partial charge in [-0.2, -0.15) is 0 Å². The van der Waals surface area contributed by atoms with Crippen LogP contribution in [0.4, 0.5) is 0 Å². The van der Waals surface area contributed by atoms with Gasteiger partial charge in [0.2, 0.25) is 9.84 Å². The van der Waals surface area contributed by atoms with E-state index in [0.29, 0.717) is 11.1 Å². The van der Waals surface area contributed by atoms with Crippen molar-refractivity contribution in [3.63, 3.8) is 0 Å². The van der Waals surface area contributed by atoms with Gasteiger partial charge < -0.3 is 0 Å². The summed E-state index contributed by atoms with van der Waals surface area (Å²) in [5.41, 5.74) is 3.09. The average Bonchev–Trinajstić information content (AvgIpc) is 2.91. The summed E-state index contributed by atoms with van der Waals surface area (Å²) in [6.07, 6.45) is 0. The van der Waals surface area contributed by atoms with Crippen LogP contribution in [0.25, 0.3) is 43.8 Å². The Kier molecular flexibility index (Phi) is 6.23. The lowest BCUT2D eigenvalue weighted by molar-refractivity contribution is 0.597. The molecule has 0 radical (unpaired) electrons. The van der Waals surface area contributed by atoms with E-state index in [1.165, 1.54) is 0 Å². The molecule has 0 bridgehead atoms. The minimum absolute atomic E-state index is 0.288. The zero-order valence-electron chi connectivity index (χ0n) is 19.5. The maximum atomic E-state index is 14.7. The van der Waals surface area contributed by atoms with Gasteiger partial charge in [0.1, 0.15) is 0 Å². The third kappa shape index (κ3) is 4.31. The summed E-state index contributed by atoms with van der Waals surface area (Å²) in [4.78, 5) is 0.576. The van der Waals surface area contributed by atoms with Crippen molar-refractivity contribution in [2.75, 3.05) is 0 Å². The maximum Gasteiger partial charge on any atom is 0.207 e. The minimum atomic E-state index is -3.94. The molecule has 0 spiro atoms. The fourth-order valence-corrected chi connectivity index (χ4v) is 7.48. The minimum Gasteiger partial charge on any atom is -0.218 e. The van der Waals surface area contributed by atoms with E-state index in [9.17, 15) is 8.42 Å². The van der Waals surface area contributed by atoms with Gasteiger partial charge >= 0.3 is 0 Å². The van der Waals surface area contributed by atoms with E-state index in [1.54, 1.807) is 12.1 Å². The van der Waals surface area contributed by atoms with Gasteiger partial charge in [0.15, 0.2) is 0 Å². The first-order chi connectivity index (χ1) is 17.9. The van der Waals surface area contributed by atoms with Gasteiger partial charge in [-0.3, -0.25) is 0 Å². The number of rotatable bonds is 4. The Balaban J connectivity index is 1.71. The predicted molar refractivity (Wildman–Crippen MR) is 160 cm³/mol. The molecule has 6 aromatic carbocycles. The van der Waals surface area contributed by atoms with Crippen molar-refractivity contribution in [2.45, 2.75) is 9.79 Å². The molecule has 0 aliphatic heterocycles. The van der Waals surface area contributed by atoms with Crippen LogP contribution in [-0.4, -0.2) is 8.42 Å². The van der Waals surface area contributed by atoms with Crippen LogP contribution in [0.15, 0.2) is 140 Å². The highest BCUT2D eigenvalue weighted by molar-refractivity contribution is 9.10. The molecule has 0 atom stereocenters. The van der Waals surface area contributed by atoms with Gasteiger partial charge in [0.05, 0.1) is 9.79 Å². The molecule has 0 aliphatic carbocycles. The third-order valence-corrected chi connectivity index (χ3v) is 9.41. The highest BCUT2D eigenvalue weighted by Gasteiger charge is 2.28. The summed E-state index contributed by atoms with van der Waals surface area (Å²) in [6, 6.07) is 38.7. The van der Waals surface area contributed by atoms with Crippen LogP contribution in [-0.2, 0) is 9.84 Å². The molecule has 0 aromatic heterocycles. The number of benzene rings is 6. The number of halogens is 2. The largest absolute Gasteiger partial charge is 0.218 e. The second kappa shape index (κ2) is 9.56. The smallest absolute Gasteiger partial charge is 0.207 e. The monoisotopic (exact) mass is 626 g/mol. The Bertz CT molecular complexity index is 1790. The SMILES string of the molecule is O=S(=O)(c1ccc2ccccc2c1-c1cccc(Br)c1)c1ccc2ccccc2c1-c1cccc(Br)c1. The van der Waals surface area contributed by atoms with Gasteiger partial charge in [0.25, 0.3) is 0 Å². The molecule has 0 unspecified atom stereocenters. The van der Waals surface area contributed by atoms with Crippen LogP contribution in [0.1, 0.15) is 0 Å². The first-order valence-electron chi connectivity index (χ1n) is 11.7. The van der Waals surface area contributed by atoms with Gasteiger partial charge in [0, 0.05) is 20.1 Å². The van der Waals surface area contributed by atoms with Gasteiger partial charge in [-0.05, 0) is 69.1 Å². The quantitative estimate of drug-likeness (QED) is 0.195. The highest BCUT2D eigenvalue weighted by Crippen LogP contribution is 2.42. The normalized spacial score (nSPS) is 11.7. The van der Waals surface area contributed by atoms with Crippen molar-refractivity contribution in [1.82, 2.24) is 0 Å². The molecule has 0 saturated heterocycles. The van der Waals surface area contributed by atoms with Crippen LogP contribution in [0.5, 0.6) is 0 Å². The molecule has 180 valence electrons. The number of hydrogen-bond donors (Lipinski definition) is 0. The summed E-state index contributed by atoms with van der Waals surface area (Å²) in [6.45, 7) is 0.